The number of hydrogen-bond donors (Lipinski definition) is 2. The second-order valence-electron chi connectivity index (χ2n) is 4.80. The minimum absolute atomic E-state index is 0.360. The van der Waals surface area contributed by atoms with Crippen LogP contribution >= 0.6 is 0 Å². The zero-order valence-corrected chi connectivity index (χ0v) is 10.6. The van der Waals surface area contributed by atoms with E-state index in [4.69, 9.17) is 4.74 Å². The first-order valence-corrected chi connectivity index (χ1v) is 6.77. The van der Waals surface area contributed by atoms with E-state index in [1.165, 1.54) is 25.7 Å². The molecule has 3 heteroatoms. The van der Waals surface area contributed by atoms with Crippen LogP contribution in [0.1, 0.15) is 39.0 Å². The van der Waals surface area contributed by atoms with E-state index in [0.717, 1.165) is 32.7 Å². The molecule has 0 radical (unpaired) electrons. The molecule has 1 aliphatic carbocycles. The molecule has 2 N–H and O–H groups in total. The molecule has 1 saturated carbocycles. The molecule has 0 bridgehead atoms. The number of nitrogens with one attached hydrogen (secondary N) is 1. The number of hydrogen-bond acceptors (Lipinski definition) is 3. The Morgan fingerprint density at radius 1 is 1.25 bits per heavy atom. The van der Waals surface area contributed by atoms with Crippen LogP contribution in [0.3, 0.4) is 0 Å². The van der Waals surface area contributed by atoms with Gasteiger partial charge in [-0.1, -0.05) is 19.8 Å². The Morgan fingerprint density at radius 3 is 2.81 bits per heavy atom. The van der Waals surface area contributed by atoms with Gasteiger partial charge in [0.2, 0.25) is 0 Å². The zero-order chi connectivity index (χ0) is 11.6. The van der Waals surface area contributed by atoms with Crippen molar-refractivity contribution in [3.63, 3.8) is 0 Å². The molecule has 1 aliphatic rings. The summed E-state index contributed by atoms with van der Waals surface area (Å²) in [4.78, 5) is 0. The van der Waals surface area contributed by atoms with Crippen molar-refractivity contribution in [1.82, 2.24) is 5.32 Å². The van der Waals surface area contributed by atoms with Gasteiger partial charge in [-0.3, -0.25) is 0 Å². The fourth-order valence-electron chi connectivity index (χ4n) is 2.40. The van der Waals surface area contributed by atoms with Crippen molar-refractivity contribution < 1.29 is 9.84 Å². The van der Waals surface area contributed by atoms with E-state index in [0.29, 0.717) is 18.4 Å². The minimum Gasteiger partial charge on any atom is -0.396 e. The average molecular weight is 229 g/mol. The van der Waals surface area contributed by atoms with Crippen LogP contribution in [0, 0.1) is 11.8 Å². The van der Waals surface area contributed by atoms with Crippen LogP contribution in [0.25, 0.3) is 0 Å². The highest BCUT2D eigenvalue weighted by Crippen LogP contribution is 2.30. The molecule has 0 aliphatic heterocycles. The summed E-state index contributed by atoms with van der Waals surface area (Å²) in [6, 6.07) is 0. The van der Waals surface area contributed by atoms with Crippen LogP contribution in [0.4, 0.5) is 0 Å². The molecule has 16 heavy (non-hydrogen) atoms. The lowest BCUT2D eigenvalue weighted by Gasteiger charge is -2.17. The van der Waals surface area contributed by atoms with Gasteiger partial charge in [0.1, 0.15) is 0 Å². The summed E-state index contributed by atoms with van der Waals surface area (Å²) >= 11 is 0. The van der Waals surface area contributed by atoms with E-state index >= 15 is 0 Å². The summed E-state index contributed by atoms with van der Waals surface area (Å²) in [6.07, 6.45) is 6.12. The lowest BCUT2D eigenvalue weighted by atomic mass is 9.97. The van der Waals surface area contributed by atoms with Gasteiger partial charge in [-0.2, -0.15) is 0 Å². The molecule has 2 atom stereocenters. The van der Waals surface area contributed by atoms with Gasteiger partial charge in [-0.05, 0) is 37.6 Å². The van der Waals surface area contributed by atoms with Gasteiger partial charge >= 0.3 is 0 Å². The van der Waals surface area contributed by atoms with Crippen LogP contribution < -0.4 is 5.32 Å². The molecule has 0 saturated heterocycles. The van der Waals surface area contributed by atoms with Gasteiger partial charge in [0.25, 0.3) is 0 Å². The Hall–Kier alpha value is -0.120. The maximum Gasteiger partial charge on any atom is 0.0590 e. The smallest absolute Gasteiger partial charge is 0.0590 e. The summed E-state index contributed by atoms with van der Waals surface area (Å²) in [7, 11) is 0. The Morgan fingerprint density at radius 2 is 2.06 bits per heavy atom. The minimum atomic E-state index is 0.360. The molecule has 1 rings (SSSR count). The topological polar surface area (TPSA) is 41.5 Å². The molecule has 0 aromatic carbocycles. The molecule has 0 heterocycles. The van der Waals surface area contributed by atoms with E-state index in [9.17, 15) is 5.11 Å². The molecule has 0 aromatic rings. The second kappa shape index (κ2) is 8.97. The normalized spacial score (nSPS) is 25.1. The molecule has 3 nitrogen and oxygen atoms in total. The Kier molecular flexibility index (Phi) is 7.81. The largest absolute Gasteiger partial charge is 0.396 e. The van der Waals surface area contributed by atoms with Crippen molar-refractivity contribution >= 4 is 0 Å². The average Bonchev–Trinajstić information content (AvgIpc) is 2.75. The number of unbranched alkanes of at least 4 members (excludes halogenated alkanes) is 1. The monoisotopic (exact) mass is 229 g/mol. The van der Waals surface area contributed by atoms with Gasteiger partial charge in [0.15, 0.2) is 0 Å². The predicted molar refractivity (Wildman–Crippen MR) is 66.5 cm³/mol. The predicted octanol–water partition coefficient (Wildman–Crippen LogP) is 1.80. The Labute approximate surface area is 99.6 Å². The first kappa shape index (κ1) is 13.9. The standard InChI is InChI=1S/C13H27NO2/c1-2-3-8-16-9-7-14-10-12-5-4-6-13(12)11-15/h12-15H,2-11H2,1H3. The highest BCUT2D eigenvalue weighted by Gasteiger charge is 2.25. The number of aliphatic hydroxyl groups is 1. The number of rotatable bonds is 9. The first-order chi connectivity index (χ1) is 7.88. The molecule has 0 spiro atoms. The quantitative estimate of drug-likeness (QED) is 0.592. The van der Waals surface area contributed by atoms with E-state index in [2.05, 4.69) is 12.2 Å². The van der Waals surface area contributed by atoms with E-state index < -0.39 is 0 Å². The summed E-state index contributed by atoms with van der Waals surface area (Å²) in [6.45, 7) is 6.23. The number of ether oxygens (including phenoxy) is 1. The third-order valence-corrected chi connectivity index (χ3v) is 3.52. The van der Waals surface area contributed by atoms with Gasteiger partial charge < -0.3 is 15.2 Å². The van der Waals surface area contributed by atoms with Gasteiger partial charge in [0, 0.05) is 19.8 Å². The summed E-state index contributed by atoms with van der Waals surface area (Å²) in [5.74, 6) is 1.22. The SMILES string of the molecule is CCCCOCCNCC1CCCC1CO. The Bertz CT molecular complexity index is 164. The van der Waals surface area contributed by atoms with Crippen LogP contribution in [0.5, 0.6) is 0 Å². The zero-order valence-electron chi connectivity index (χ0n) is 10.6. The fraction of sp³-hybridized carbons (Fsp3) is 1.00. The van der Waals surface area contributed by atoms with Crippen LogP contribution in [0.15, 0.2) is 0 Å². The maximum atomic E-state index is 9.18. The third kappa shape index (κ3) is 5.28. The number of aliphatic hydroxyl groups excluding tert-OH is 1. The van der Waals surface area contributed by atoms with Crippen molar-refractivity contribution in [3.8, 4) is 0 Å². The second-order valence-corrected chi connectivity index (χ2v) is 4.80. The van der Waals surface area contributed by atoms with Crippen molar-refractivity contribution in [3.05, 3.63) is 0 Å². The summed E-state index contributed by atoms with van der Waals surface area (Å²) in [5.41, 5.74) is 0. The first-order valence-electron chi connectivity index (χ1n) is 6.77. The van der Waals surface area contributed by atoms with Crippen LogP contribution in [-0.4, -0.2) is 38.0 Å². The van der Waals surface area contributed by atoms with Gasteiger partial charge in [-0.25, -0.2) is 0 Å². The van der Waals surface area contributed by atoms with E-state index in [-0.39, 0.29) is 0 Å². The van der Waals surface area contributed by atoms with E-state index in [1.54, 1.807) is 0 Å². The van der Waals surface area contributed by atoms with Crippen molar-refractivity contribution in [2.45, 2.75) is 39.0 Å². The maximum absolute atomic E-state index is 9.18. The van der Waals surface area contributed by atoms with Crippen LogP contribution in [-0.2, 0) is 4.74 Å². The lowest BCUT2D eigenvalue weighted by molar-refractivity contribution is 0.130. The lowest BCUT2D eigenvalue weighted by Crippen LogP contribution is -2.29. The molecular weight excluding hydrogens is 202 g/mol. The van der Waals surface area contributed by atoms with Crippen molar-refractivity contribution in [2.75, 3.05) is 32.9 Å². The highest BCUT2D eigenvalue weighted by atomic mass is 16.5. The van der Waals surface area contributed by atoms with Crippen molar-refractivity contribution in [2.24, 2.45) is 11.8 Å². The highest BCUT2D eigenvalue weighted by molar-refractivity contribution is 4.78. The fourth-order valence-corrected chi connectivity index (χ4v) is 2.40. The molecule has 96 valence electrons. The van der Waals surface area contributed by atoms with E-state index in [1.807, 2.05) is 0 Å². The molecule has 2 unspecified atom stereocenters. The van der Waals surface area contributed by atoms with Crippen LogP contribution in [0.2, 0.25) is 0 Å². The third-order valence-electron chi connectivity index (χ3n) is 3.52. The molecular formula is C13H27NO2. The van der Waals surface area contributed by atoms with Gasteiger partial charge in [-0.15, -0.1) is 0 Å². The Balaban J connectivity index is 1.90. The molecule has 0 aromatic heterocycles. The van der Waals surface area contributed by atoms with Gasteiger partial charge in [0.05, 0.1) is 6.61 Å². The molecule has 1 fully saturated rings. The molecule has 0 amide bonds. The summed E-state index contributed by atoms with van der Waals surface area (Å²) in [5, 5.41) is 12.6. The summed E-state index contributed by atoms with van der Waals surface area (Å²) < 4.78 is 5.48. The van der Waals surface area contributed by atoms with Crippen molar-refractivity contribution in [1.29, 1.82) is 0 Å².